The molecule has 0 aromatic carbocycles. The molecule has 0 saturated carbocycles. The van der Waals surface area contributed by atoms with Crippen LogP contribution in [-0.4, -0.2) is 23.1 Å². The second-order valence-electron chi connectivity index (χ2n) is 5.16. The molecular formula is C19H23N3. The third-order valence-corrected chi connectivity index (χ3v) is 3.58. The van der Waals surface area contributed by atoms with Gasteiger partial charge in [-0.1, -0.05) is 25.3 Å². The molecule has 3 nitrogen and oxygen atoms in total. The topological polar surface area (TPSA) is 29.0 Å². The highest BCUT2D eigenvalue weighted by Gasteiger charge is 2.11. The lowest BCUT2D eigenvalue weighted by Gasteiger charge is -2.27. The molecule has 0 amide bonds. The minimum absolute atomic E-state index is 0.924. The molecule has 0 spiro atoms. The van der Waals surface area contributed by atoms with E-state index in [1.54, 1.807) is 12.3 Å². The van der Waals surface area contributed by atoms with E-state index in [2.05, 4.69) is 34.1 Å². The Morgan fingerprint density at radius 2 is 1.73 bits per heavy atom. The lowest BCUT2D eigenvalue weighted by molar-refractivity contribution is 0.573. The van der Waals surface area contributed by atoms with E-state index < -0.39 is 0 Å². The summed E-state index contributed by atoms with van der Waals surface area (Å²) in [5.41, 5.74) is 2.08. The van der Waals surface area contributed by atoms with Crippen molar-refractivity contribution in [2.24, 2.45) is 0 Å². The Hall–Kier alpha value is -2.42. The van der Waals surface area contributed by atoms with Crippen LogP contribution in [-0.2, 0) is 0 Å². The van der Waals surface area contributed by atoms with Crippen molar-refractivity contribution >= 4 is 18.0 Å². The van der Waals surface area contributed by atoms with Gasteiger partial charge < -0.3 is 4.90 Å². The van der Waals surface area contributed by atoms with Crippen molar-refractivity contribution in [3.8, 4) is 0 Å². The summed E-state index contributed by atoms with van der Waals surface area (Å²) in [6.45, 7) is 9.63. The molecule has 1 saturated heterocycles. The number of hydrogen-bond donors (Lipinski definition) is 0. The highest BCUT2D eigenvalue weighted by Crippen LogP contribution is 2.18. The molecule has 22 heavy (non-hydrogen) atoms. The van der Waals surface area contributed by atoms with Gasteiger partial charge in [0, 0.05) is 25.5 Å². The summed E-state index contributed by atoms with van der Waals surface area (Å²) in [5, 5.41) is 0. The molecule has 0 N–H and O–H groups in total. The van der Waals surface area contributed by atoms with E-state index in [-0.39, 0.29) is 0 Å². The zero-order valence-electron chi connectivity index (χ0n) is 13.0. The van der Waals surface area contributed by atoms with E-state index >= 15 is 0 Å². The molecule has 1 aliphatic heterocycles. The predicted molar refractivity (Wildman–Crippen MR) is 94.7 cm³/mol. The van der Waals surface area contributed by atoms with Crippen molar-refractivity contribution < 1.29 is 0 Å². The monoisotopic (exact) mass is 293 g/mol. The quantitative estimate of drug-likeness (QED) is 0.837. The number of anilines is 1. The normalized spacial score (nSPS) is 13.7. The van der Waals surface area contributed by atoms with Gasteiger partial charge in [0.2, 0.25) is 0 Å². The van der Waals surface area contributed by atoms with Crippen LogP contribution in [0.5, 0.6) is 0 Å². The molecule has 0 aliphatic carbocycles. The maximum absolute atomic E-state index is 4.39. The first-order valence-electron chi connectivity index (χ1n) is 7.70. The number of pyridine rings is 2. The van der Waals surface area contributed by atoms with Gasteiger partial charge in [0.1, 0.15) is 5.82 Å². The van der Waals surface area contributed by atoms with Crippen molar-refractivity contribution in [2.45, 2.75) is 19.3 Å². The summed E-state index contributed by atoms with van der Waals surface area (Å²) in [7, 11) is 0. The summed E-state index contributed by atoms with van der Waals surface area (Å²) in [4.78, 5) is 10.7. The zero-order valence-corrected chi connectivity index (χ0v) is 13.0. The van der Waals surface area contributed by atoms with Gasteiger partial charge in [-0.2, -0.15) is 0 Å². The Morgan fingerprint density at radius 3 is 2.32 bits per heavy atom. The first-order chi connectivity index (χ1) is 10.8. The smallest absolute Gasteiger partial charge is 0.129 e. The lowest BCUT2D eigenvalue weighted by atomic mass is 10.1. The van der Waals surface area contributed by atoms with Gasteiger partial charge in [0.15, 0.2) is 0 Å². The van der Waals surface area contributed by atoms with Gasteiger partial charge in [0.25, 0.3) is 0 Å². The van der Waals surface area contributed by atoms with E-state index in [9.17, 15) is 0 Å². The Bertz CT molecular complexity index is 587. The van der Waals surface area contributed by atoms with Gasteiger partial charge in [-0.25, -0.2) is 4.98 Å². The maximum atomic E-state index is 4.39. The van der Waals surface area contributed by atoms with Gasteiger partial charge >= 0.3 is 0 Å². The zero-order chi connectivity index (χ0) is 15.6. The van der Waals surface area contributed by atoms with Gasteiger partial charge in [0.05, 0.1) is 5.69 Å². The van der Waals surface area contributed by atoms with Gasteiger partial charge in [-0.05, 0) is 55.2 Å². The Morgan fingerprint density at radius 1 is 0.909 bits per heavy atom. The van der Waals surface area contributed by atoms with Crippen LogP contribution in [0.3, 0.4) is 0 Å². The molecular weight excluding hydrogens is 270 g/mol. The van der Waals surface area contributed by atoms with Crippen LogP contribution >= 0.6 is 0 Å². The molecule has 1 aliphatic rings. The number of aromatic nitrogens is 2. The van der Waals surface area contributed by atoms with Crippen LogP contribution in [0.15, 0.2) is 55.9 Å². The number of hydrogen-bond acceptors (Lipinski definition) is 3. The average molecular weight is 293 g/mol. The Labute approximate surface area is 133 Å². The molecule has 2 aromatic heterocycles. The van der Waals surface area contributed by atoms with Gasteiger partial charge in [-0.3, -0.25) is 4.98 Å². The van der Waals surface area contributed by atoms with Crippen LogP contribution in [0.4, 0.5) is 5.82 Å². The van der Waals surface area contributed by atoms with E-state index in [0.717, 1.165) is 30.2 Å². The summed E-state index contributed by atoms with van der Waals surface area (Å²) < 4.78 is 0. The van der Waals surface area contributed by atoms with Crippen molar-refractivity contribution in [3.63, 3.8) is 0 Å². The molecule has 0 bridgehead atoms. The number of nitrogens with zero attached hydrogens (tertiary/aromatic N) is 3. The Balaban J connectivity index is 0.000000188. The number of rotatable bonds is 3. The minimum Gasteiger partial charge on any atom is -0.357 e. The van der Waals surface area contributed by atoms with Crippen molar-refractivity contribution in [3.05, 3.63) is 67.1 Å². The third-order valence-electron chi connectivity index (χ3n) is 3.58. The standard InChI is InChI=1S/C12H16N2.C7H7N/c1-2-11-6-7-13-12(10-11)14-8-4-3-5-9-14;1-2-7-5-3-4-6-8-7/h2,6-7,10H,1,3-5,8-9H2;2-6H,1H2. The van der Waals surface area contributed by atoms with E-state index in [1.807, 2.05) is 36.5 Å². The first-order valence-corrected chi connectivity index (χ1v) is 7.70. The average Bonchev–Trinajstić information content (AvgIpc) is 2.64. The molecule has 114 valence electrons. The highest BCUT2D eigenvalue weighted by atomic mass is 15.2. The van der Waals surface area contributed by atoms with Gasteiger partial charge in [-0.15, -0.1) is 0 Å². The molecule has 0 atom stereocenters. The lowest BCUT2D eigenvalue weighted by Crippen LogP contribution is -2.30. The fourth-order valence-corrected chi connectivity index (χ4v) is 2.35. The van der Waals surface area contributed by atoms with E-state index in [1.165, 1.54) is 19.3 Å². The maximum Gasteiger partial charge on any atom is 0.129 e. The van der Waals surface area contributed by atoms with Crippen LogP contribution in [0.25, 0.3) is 12.2 Å². The Kier molecular flexibility index (Phi) is 6.37. The molecule has 0 unspecified atom stereocenters. The second kappa shape index (κ2) is 8.78. The van der Waals surface area contributed by atoms with E-state index in [4.69, 9.17) is 0 Å². The van der Waals surface area contributed by atoms with Crippen LogP contribution in [0.1, 0.15) is 30.5 Å². The summed E-state index contributed by atoms with van der Waals surface area (Å²) in [6.07, 6.45) is 11.1. The van der Waals surface area contributed by atoms with E-state index in [0.29, 0.717) is 0 Å². The van der Waals surface area contributed by atoms with Crippen molar-refractivity contribution in [1.82, 2.24) is 9.97 Å². The molecule has 3 rings (SSSR count). The van der Waals surface area contributed by atoms with Crippen LogP contribution in [0.2, 0.25) is 0 Å². The molecule has 2 aromatic rings. The molecule has 0 radical (unpaired) electrons. The minimum atomic E-state index is 0.924. The van der Waals surface area contributed by atoms with Crippen molar-refractivity contribution in [1.29, 1.82) is 0 Å². The van der Waals surface area contributed by atoms with Crippen LogP contribution < -0.4 is 4.90 Å². The summed E-state index contributed by atoms with van der Waals surface area (Å²) in [5.74, 6) is 1.10. The summed E-state index contributed by atoms with van der Waals surface area (Å²) in [6, 6.07) is 9.82. The largest absolute Gasteiger partial charge is 0.357 e. The molecule has 3 heteroatoms. The number of piperidine rings is 1. The van der Waals surface area contributed by atoms with Crippen LogP contribution in [0, 0.1) is 0 Å². The third kappa shape index (κ3) is 4.85. The molecule has 1 fully saturated rings. The van der Waals surface area contributed by atoms with Crippen molar-refractivity contribution in [2.75, 3.05) is 18.0 Å². The highest BCUT2D eigenvalue weighted by molar-refractivity contribution is 5.53. The molecule has 3 heterocycles. The second-order valence-corrected chi connectivity index (χ2v) is 5.16. The SMILES string of the molecule is C=Cc1ccccn1.C=Cc1ccnc(N2CCCCC2)c1. The fourth-order valence-electron chi connectivity index (χ4n) is 2.35. The first kappa shape index (κ1) is 16.0. The fraction of sp³-hybridized carbons (Fsp3) is 0.263. The summed E-state index contributed by atoms with van der Waals surface area (Å²) >= 11 is 0. The predicted octanol–water partition coefficient (Wildman–Crippen LogP) is 4.44.